The fourth-order valence-corrected chi connectivity index (χ4v) is 1.33. The van der Waals surface area contributed by atoms with Gasteiger partial charge in [0.1, 0.15) is 12.7 Å². The van der Waals surface area contributed by atoms with Crippen molar-refractivity contribution >= 4 is 5.69 Å². The van der Waals surface area contributed by atoms with Gasteiger partial charge in [0.05, 0.1) is 0 Å². The summed E-state index contributed by atoms with van der Waals surface area (Å²) in [5.41, 5.74) is 2.28. The largest absolute Gasteiger partial charge is 0.383 e. The number of rotatable bonds is 4. The zero-order valence-electron chi connectivity index (χ0n) is 8.59. The Bertz CT molecular complexity index is 410. The van der Waals surface area contributed by atoms with Crippen molar-refractivity contribution in [2.24, 2.45) is 0 Å². The highest BCUT2D eigenvalue weighted by molar-refractivity contribution is 5.48. The van der Waals surface area contributed by atoms with E-state index >= 15 is 0 Å². The van der Waals surface area contributed by atoms with Gasteiger partial charge in [0.25, 0.3) is 0 Å². The Hall–Kier alpha value is -1.91. The van der Waals surface area contributed by atoms with Crippen LogP contribution >= 0.6 is 0 Å². The van der Waals surface area contributed by atoms with E-state index in [2.05, 4.69) is 20.5 Å². The summed E-state index contributed by atoms with van der Waals surface area (Å²) in [6.45, 7) is 3.74. The summed E-state index contributed by atoms with van der Waals surface area (Å²) >= 11 is 0. The topological polar surface area (TPSA) is 55.6 Å². The summed E-state index contributed by atoms with van der Waals surface area (Å²) in [4.78, 5) is 4.04. The van der Waals surface area contributed by atoms with E-state index in [9.17, 15) is 0 Å². The van der Waals surface area contributed by atoms with Crippen molar-refractivity contribution in [3.05, 3.63) is 36.7 Å². The van der Waals surface area contributed by atoms with Crippen molar-refractivity contribution in [3.8, 4) is 0 Å². The third-order valence-electron chi connectivity index (χ3n) is 2.17. The summed E-state index contributed by atoms with van der Waals surface area (Å²) in [6, 6.07) is 1.97. The average Bonchev–Trinajstić information content (AvgIpc) is 2.74. The molecule has 0 aromatic carbocycles. The van der Waals surface area contributed by atoms with Gasteiger partial charge in [0.2, 0.25) is 0 Å². The van der Waals surface area contributed by atoms with E-state index in [1.807, 2.05) is 23.8 Å². The van der Waals surface area contributed by atoms with Crippen molar-refractivity contribution < 1.29 is 0 Å². The van der Waals surface area contributed by atoms with Gasteiger partial charge in [-0.3, -0.25) is 4.98 Å². The van der Waals surface area contributed by atoms with E-state index in [1.165, 1.54) is 0 Å². The number of hydrogen-bond donors (Lipinski definition) is 1. The first-order chi connectivity index (χ1) is 7.36. The quantitative estimate of drug-likeness (QED) is 0.808. The highest BCUT2D eigenvalue weighted by Crippen LogP contribution is 2.10. The predicted molar refractivity (Wildman–Crippen MR) is 57.5 cm³/mol. The summed E-state index contributed by atoms with van der Waals surface area (Å²) < 4.78 is 1.93. The van der Waals surface area contributed by atoms with Crippen LogP contribution in [0.4, 0.5) is 5.69 Å². The summed E-state index contributed by atoms with van der Waals surface area (Å²) in [6.07, 6.45) is 7.05. The SMILES string of the molecule is Cc1cnccc1NCCn1cnnc1. The van der Waals surface area contributed by atoms with E-state index in [0.717, 1.165) is 24.3 Å². The fourth-order valence-electron chi connectivity index (χ4n) is 1.33. The Labute approximate surface area is 88.2 Å². The molecule has 0 saturated carbocycles. The normalized spacial score (nSPS) is 10.2. The average molecular weight is 203 g/mol. The minimum Gasteiger partial charge on any atom is -0.383 e. The van der Waals surface area contributed by atoms with Crippen molar-refractivity contribution in [1.82, 2.24) is 19.7 Å². The maximum absolute atomic E-state index is 4.04. The number of pyridine rings is 1. The van der Waals surface area contributed by atoms with Crippen molar-refractivity contribution in [2.45, 2.75) is 13.5 Å². The van der Waals surface area contributed by atoms with Gasteiger partial charge in [0, 0.05) is 31.2 Å². The van der Waals surface area contributed by atoms with Gasteiger partial charge in [-0.05, 0) is 18.6 Å². The van der Waals surface area contributed by atoms with Crippen LogP contribution in [0.2, 0.25) is 0 Å². The van der Waals surface area contributed by atoms with E-state index in [1.54, 1.807) is 18.9 Å². The lowest BCUT2D eigenvalue weighted by Gasteiger charge is -2.08. The second kappa shape index (κ2) is 4.54. The van der Waals surface area contributed by atoms with Gasteiger partial charge >= 0.3 is 0 Å². The molecular formula is C10H13N5. The molecular weight excluding hydrogens is 190 g/mol. The van der Waals surface area contributed by atoms with Gasteiger partial charge in [0.15, 0.2) is 0 Å². The Balaban J connectivity index is 1.86. The molecule has 0 unspecified atom stereocenters. The Morgan fingerprint density at radius 2 is 2.13 bits per heavy atom. The second-order valence-corrected chi connectivity index (χ2v) is 3.32. The molecule has 2 aromatic heterocycles. The lowest BCUT2D eigenvalue weighted by molar-refractivity contribution is 0.724. The van der Waals surface area contributed by atoms with Crippen molar-refractivity contribution in [1.29, 1.82) is 0 Å². The van der Waals surface area contributed by atoms with Crippen molar-refractivity contribution in [3.63, 3.8) is 0 Å². The van der Waals surface area contributed by atoms with E-state index in [-0.39, 0.29) is 0 Å². The molecule has 15 heavy (non-hydrogen) atoms. The monoisotopic (exact) mass is 203 g/mol. The molecule has 0 aliphatic rings. The minimum atomic E-state index is 0.850. The van der Waals surface area contributed by atoms with Gasteiger partial charge in [-0.25, -0.2) is 0 Å². The first-order valence-corrected chi connectivity index (χ1v) is 4.83. The zero-order chi connectivity index (χ0) is 10.5. The number of aromatic nitrogens is 4. The van der Waals surface area contributed by atoms with Crippen molar-refractivity contribution in [2.75, 3.05) is 11.9 Å². The molecule has 5 heteroatoms. The number of nitrogens with one attached hydrogen (secondary N) is 1. The molecule has 0 bridgehead atoms. The molecule has 2 aromatic rings. The van der Waals surface area contributed by atoms with Crippen LogP contribution in [0.5, 0.6) is 0 Å². The van der Waals surface area contributed by atoms with E-state index < -0.39 is 0 Å². The molecule has 0 aliphatic carbocycles. The smallest absolute Gasteiger partial charge is 0.119 e. The van der Waals surface area contributed by atoms with E-state index in [0.29, 0.717) is 0 Å². The lowest BCUT2D eigenvalue weighted by Crippen LogP contribution is -2.10. The molecule has 0 saturated heterocycles. The Morgan fingerprint density at radius 1 is 1.33 bits per heavy atom. The first kappa shape index (κ1) is 9.64. The molecule has 2 heterocycles. The van der Waals surface area contributed by atoms with E-state index in [4.69, 9.17) is 0 Å². The predicted octanol–water partition coefficient (Wildman–Crippen LogP) is 1.09. The fraction of sp³-hybridized carbons (Fsp3) is 0.300. The molecule has 0 aliphatic heterocycles. The van der Waals surface area contributed by atoms with Crippen LogP contribution in [-0.4, -0.2) is 26.3 Å². The lowest BCUT2D eigenvalue weighted by atomic mass is 10.2. The molecule has 0 radical (unpaired) electrons. The number of aryl methyl sites for hydroxylation is 1. The first-order valence-electron chi connectivity index (χ1n) is 4.83. The van der Waals surface area contributed by atoms with Crippen LogP contribution in [0.1, 0.15) is 5.56 Å². The van der Waals surface area contributed by atoms with Gasteiger partial charge in [-0.15, -0.1) is 10.2 Å². The van der Waals surface area contributed by atoms with Gasteiger partial charge in [-0.1, -0.05) is 0 Å². The minimum absolute atomic E-state index is 0.850. The summed E-state index contributed by atoms with van der Waals surface area (Å²) in [7, 11) is 0. The maximum atomic E-state index is 4.04. The number of nitrogens with zero attached hydrogens (tertiary/aromatic N) is 4. The standard InChI is InChI=1S/C10H13N5/c1-9-6-11-3-2-10(9)12-4-5-15-7-13-14-8-15/h2-3,6-8H,4-5H2,1H3,(H,11,12). The second-order valence-electron chi connectivity index (χ2n) is 3.32. The molecule has 0 spiro atoms. The van der Waals surface area contributed by atoms with Crippen LogP contribution in [0.25, 0.3) is 0 Å². The Morgan fingerprint density at radius 3 is 2.87 bits per heavy atom. The van der Waals surface area contributed by atoms with Gasteiger partial charge < -0.3 is 9.88 Å². The molecule has 0 amide bonds. The molecule has 1 N–H and O–H groups in total. The number of anilines is 1. The number of hydrogen-bond acceptors (Lipinski definition) is 4. The highest BCUT2D eigenvalue weighted by Gasteiger charge is 1.96. The van der Waals surface area contributed by atoms with Crippen LogP contribution in [-0.2, 0) is 6.54 Å². The highest BCUT2D eigenvalue weighted by atomic mass is 15.2. The third-order valence-corrected chi connectivity index (χ3v) is 2.17. The summed E-state index contributed by atoms with van der Waals surface area (Å²) in [5, 5.41) is 10.8. The molecule has 2 rings (SSSR count). The third kappa shape index (κ3) is 2.52. The maximum Gasteiger partial charge on any atom is 0.119 e. The van der Waals surface area contributed by atoms with Crippen LogP contribution < -0.4 is 5.32 Å². The van der Waals surface area contributed by atoms with Crippen LogP contribution in [0.3, 0.4) is 0 Å². The molecule has 78 valence electrons. The Kier molecular flexibility index (Phi) is 2.92. The zero-order valence-corrected chi connectivity index (χ0v) is 8.59. The summed E-state index contributed by atoms with van der Waals surface area (Å²) in [5.74, 6) is 0. The molecule has 0 atom stereocenters. The van der Waals surface area contributed by atoms with Crippen LogP contribution in [0, 0.1) is 6.92 Å². The van der Waals surface area contributed by atoms with Gasteiger partial charge in [-0.2, -0.15) is 0 Å². The molecule has 5 nitrogen and oxygen atoms in total. The van der Waals surface area contributed by atoms with Crippen LogP contribution in [0.15, 0.2) is 31.1 Å². The molecule has 0 fully saturated rings.